The molecule has 0 bridgehead atoms. The van der Waals surface area contributed by atoms with Crippen LogP contribution in [0.5, 0.6) is 0 Å². The fraction of sp³-hybridized carbons (Fsp3) is 0.500. The third-order valence-corrected chi connectivity index (χ3v) is 4.21. The van der Waals surface area contributed by atoms with Gasteiger partial charge in [0.25, 0.3) is 0 Å². The van der Waals surface area contributed by atoms with Crippen LogP contribution in [0.25, 0.3) is 0 Å². The Kier molecular flexibility index (Phi) is 3.02. The molecule has 92 valence electrons. The largest absolute Gasteiger partial charge is 0.299 e. The number of benzene rings is 1. The van der Waals surface area contributed by atoms with Crippen LogP contribution in [0.3, 0.4) is 0 Å². The molecule has 1 aromatic rings. The molecule has 0 radical (unpaired) electrons. The van der Waals surface area contributed by atoms with Crippen molar-refractivity contribution in [2.45, 2.75) is 39.0 Å². The fourth-order valence-corrected chi connectivity index (χ4v) is 2.98. The SMILES string of the molecule is CCC1(CC)C(=O)CC1c1ccc(F)cc1F. The van der Waals surface area contributed by atoms with Crippen molar-refractivity contribution in [2.24, 2.45) is 5.41 Å². The van der Waals surface area contributed by atoms with E-state index in [9.17, 15) is 13.6 Å². The molecule has 17 heavy (non-hydrogen) atoms. The molecule has 0 N–H and O–H groups in total. The van der Waals surface area contributed by atoms with Gasteiger partial charge in [-0.15, -0.1) is 0 Å². The van der Waals surface area contributed by atoms with Gasteiger partial charge < -0.3 is 0 Å². The molecule has 1 atom stereocenters. The number of carbonyl (C=O) groups is 1. The highest BCUT2D eigenvalue weighted by atomic mass is 19.1. The molecule has 0 aliphatic heterocycles. The molecule has 1 nitrogen and oxygen atoms in total. The summed E-state index contributed by atoms with van der Waals surface area (Å²) >= 11 is 0. The number of Topliss-reactive ketones (excluding diaryl/α,β-unsaturated/α-hetero) is 1. The highest BCUT2D eigenvalue weighted by Crippen LogP contribution is 2.54. The van der Waals surface area contributed by atoms with E-state index in [1.54, 1.807) is 0 Å². The third kappa shape index (κ3) is 1.68. The molecule has 0 heterocycles. The summed E-state index contributed by atoms with van der Waals surface area (Å²) in [5.74, 6) is -0.994. The maximum atomic E-state index is 13.7. The summed E-state index contributed by atoms with van der Waals surface area (Å²) in [7, 11) is 0. The number of hydrogen-bond donors (Lipinski definition) is 0. The average molecular weight is 238 g/mol. The van der Waals surface area contributed by atoms with E-state index in [2.05, 4.69) is 0 Å². The Balaban J connectivity index is 2.38. The van der Waals surface area contributed by atoms with Crippen LogP contribution in [0.4, 0.5) is 8.78 Å². The average Bonchev–Trinajstić information content (AvgIpc) is 2.29. The van der Waals surface area contributed by atoms with Gasteiger partial charge in [0, 0.05) is 23.8 Å². The molecule has 1 aliphatic carbocycles. The van der Waals surface area contributed by atoms with Crippen LogP contribution < -0.4 is 0 Å². The minimum Gasteiger partial charge on any atom is -0.299 e. The van der Waals surface area contributed by atoms with E-state index in [-0.39, 0.29) is 11.7 Å². The highest BCUT2D eigenvalue weighted by molar-refractivity contribution is 5.93. The summed E-state index contributed by atoms with van der Waals surface area (Å²) in [5, 5.41) is 0. The summed E-state index contributed by atoms with van der Waals surface area (Å²) in [5.41, 5.74) is 0.0493. The molecule has 1 fully saturated rings. The summed E-state index contributed by atoms with van der Waals surface area (Å²) in [4.78, 5) is 11.8. The van der Waals surface area contributed by atoms with Crippen molar-refractivity contribution in [3.63, 3.8) is 0 Å². The highest BCUT2D eigenvalue weighted by Gasteiger charge is 2.53. The van der Waals surface area contributed by atoms with Gasteiger partial charge in [-0.3, -0.25) is 4.79 Å². The second-order valence-electron chi connectivity index (χ2n) is 4.71. The van der Waals surface area contributed by atoms with Crippen LogP contribution in [-0.4, -0.2) is 5.78 Å². The second-order valence-corrected chi connectivity index (χ2v) is 4.71. The van der Waals surface area contributed by atoms with Gasteiger partial charge in [-0.2, -0.15) is 0 Å². The van der Waals surface area contributed by atoms with Crippen molar-refractivity contribution in [3.05, 3.63) is 35.4 Å². The van der Waals surface area contributed by atoms with E-state index in [0.29, 0.717) is 24.8 Å². The summed E-state index contributed by atoms with van der Waals surface area (Å²) in [6, 6.07) is 3.63. The molecular weight excluding hydrogens is 222 g/mol. The lowest BCUT2D eigenvalue weighted by Gasteiger charge is -2.47. The Morgan fingerprint density at radius 1 is 1.29 bits per heavy atom. The van der Waals surface area contributed by atoms with Crippen molar-refractivity contribution in [3.8, 4) is 0 Å². The number of hydrogen-bond acceptors (Lipinski definition) is 1. The van der Waals surface area contributed by atoms with Crippen molar-refractivity contribution < 1.29 is 13.6 Å². The number of carbonyl (C=O) groups excluding carboxylic acids is 1. The van der Waals surface area contributed by atoms with Crippen molar-refractivity contribution >= 4 is 5.78 Å². The summed E-state index contributed by atoms with van der Waals surface area (Å²) in [6.45, 7) is 3.91. The molecule has 1 aromatic carbocycles. The standard InChI is InChI=1S/C14H16F2O/c1-3-14(4-2)11(8-13(14)17)10-6-5-9(15)7-12(10)16/h5-7,11H,3-4,8H2,1-2H3. The Morgan fingerprint density at radius 3 is 2.41 bits per heavy atom. The smallest absolute Gasteiger partial charge is 0.140 e. The predicted molar refractivity (Wildman–Crippen MR) is 61.7 cm³/mol. The maximum absolute atomic E-state index is 13.7. The van der Waals surface area contributed by atoms with Crippen LogP contribution in [0, 0.1) is 17.0 Å². The molecule has 3 heteroatoms. The van der Waals surface area contributed by atoms with Gasteiger partial charge in [-0.1, -0.05) is 19.9 Å². The quantitative estimate of drug-likeness (QED) is 0.782. The molecule has 0 aromatic heterocycles. The van der Waals surface area contributed by atoms with Crippen molar-refractivity contribution in [2.75, 3.05) is 0 Å². The van der Waals surface area contributed by atoms with E-state index in [1.165, 1.54) is 12.1 Å². The fourth-order valence-electron chi connectivity index (χ4n) is 2.98. The van der Waals surface area contributed by atoms with Gasteiger partial charge in [0.1, 0.15) is 17.4 Å². The zero-order valence-electron chi connectivity index (χ0n) is 10.1. The topological polar surface area (TPSA) is 17.1 Å². The molecule has 0 amide bonds. The summed E-state index contributed by atoms with van der Waals surface area (Å²) < 4.78 is 26.6. The van der Waals surface area contributed by atoms with Gasteiger partial charge >= 0.3 is 0 Å². The Morgan fingerprint density at radius 2 is 1.94 bits per heavy atom. The lowest BCUT2D eigenvalue weighted by atomic mass is 9.54. The lowest BCUT2D eigenvalue weighted by molar-refractivity contribution is -0.141. The zero-order valence-corrected chi connectivity index (χ0v) is 10.1. The normalized spacial score (nSPS) is 22.4. The molecule has 0 spiro atoms. The number of halogens is 2. The van der Waals surface area contributed by atoms with Gasteiger partial charge in [0.15, 0.2) is 0 Å². The van der Waals surface area contributed by atoms with Crippen molar-refractivity contribution in [1.82, 2.24) is 0 Å². The number of rotatable bonds is 3. The predicted octanol–water partition coefficient (Wildman–Crippen LogP) is 3.83. The molecule has 0 saturated heterocycles. The van der Waals surface area contributed by atoms with Crippen LogP contribution in [-0.2, 0) is 4.79 Å². The van der Waals surface area contributed by atoms with E-state index < -0.39 is 17.0 Å². The minimum absolute atomic E-state index is 0.0920. The molecule has 1 aliphatic rings. The first-order chi connectivity index (χ1) is 8.05. The first kappa shape index (κ1) is 12.2. The lowest BCUT2D eigenvalue weighted by Crippen LogP contribution is -2.47. The maximum Gasteiger partial charge on any atom is 0.140 e. The van der Waals surface area contributed by atoms with E-state index in [1.807, 2.05) is 13.8 Å². The van der Waals surface area contributed by atoms with Gasteiger partial charge in [0.2, 0.25) is 0 Å². The van der Waals surface area contributed by atoms with Gasteiger partial charge in [0.05, 0.1) is 0 Å². The number of ketones is 1. The van der Waals surface area contributed by atoms with E-state index in [4.69, 9.17) is 0 Å². The first-order valence-electron chi connectivity index (χ1n) is 6.03. The monoisotopic (exact) mass is 238 g/mol. The van der Waals surface area contributed by atoms with Crippen LogP contribution in [0.1, 0.15) is 44.6 Å². The zero-order chi connectivity index (χ0) is 12.6. The van der Waals surface area contributed by atoms with Crippen molar-refractivity contribution in [1.29, 1.82) is 0 Å². The Labute approximate surface area is 99.8 Å². The molecule has 1 unspecified atom stereocenters. The van der Waals surface area contributed by atoms with Gasteiger partial charge in [-0.25, -0.2) is 8.78 Å². The van der Waals surface area contributed by atoms with Crippen LogP contribution in [0.15, 0.2) is 18.2 Å². The van der Waals surface area contributed by atoms with E-state index in [0.717, 1.165) is 6.07 Å². The molecule has 2 rings (SSSR count). The molecule has 1 saturated carbocycles. The minimum atomic E-state index is -0.574. The van der Waals surface area contributed by atoms with Crippen LogP contribution in [0.2, 0.25) is 0 Å². The van der Waals surface area contributed by atoms with E-state index >= 15 is 0 Å². The Bertz CT molecular complexity index is 450. The first-order valence-corrected chi connectivity index (χ1v) is 6.03. The third-order valence-electron chi connectivity index (χ3n) is 4.21. The van der Waals surface area contributed by atoms with Gasteiger partial charge in [-0.05, 0) is 24.5 Å². The summed E-state index contributed by atoms with van der Waals surface area (Å²) in [6.07, 6.45) is 1.80. The van der Waals surface area contributed by atoms with Crippen LogP contribution >= 0.6 is 0 Å². The molecular formula is C14H16F2O. The second kappa shape index (κ2) is 4.21. The Hall–Kier alpha value is -1.25.